The number of hydrogen-bond donors (Lipinski definition) is 13. The molecule has 1 aliphatic heterocycles. The normalized spacial score (nSPS) is 25.8. The van der Waals surface area contributed by atoms with Crippen molar-refractivity contribution < 1.29 is 58.2 Å². The zero-order valence-corrected chi connectivity index (χ0v) is 46.1. The number of carbonyl (C=O) groups is 10. The third-order valence-electron chi connectivity index (χ3n) is 14.5. The van der Waals surface area contributed by atoms with Crippen LogP contribution in [0, 0.1) is 41.4 Å². The molecule has 1 saturated heterocycles. The molecule has 434 valence electrons. The fourth-order valence-corrected chi connectivity index (χ4v) is 10.1. The number of aliphatic hydroxyl groups excluding tert-OH is 2. The molecule has 2 aliphatic rings. The number of ketones is 4. The van der Waals surface area contributed by atoms with Crippen molar-refractivity contribution in [1.82, 2.24) is 31.9 Å². The summed E-state index contributed by atoms with van der Waals surface area (Å²) < 4.78 is 0. The van der Waals surface area contributed by atoms with Crippen molar-refractivity contribution in [3.8, 4) is 0 Å². The summed E-state index contributed by atoms with van der Waals surface area (Å²) in [5.74, 6) is -11.7. The molecule has 76 heavy (non-hydrogen) atoms. The van der Waals surface area contributed by atoms with Gasteiger partial charge in [-0.2, -0.15) is 0 Å². The van der Waals surface area contributed by atoms with Gasteiger partial charge in [0.25, 0.3) is 0 Å². The van der Waals surface area contributed by atoms with Crippen LogP contribution in [0.4, 0.5) is 0 Å². The Balaban J connectivity index is 2.63. The highest BCUT2D eigenvalue weighted by molar-refractivity contribution is 5.98. The van der Waals surface area contributed by atoms with Crippen LogP contribution in [0.1, 0.15) is 151 Å². The second kappa shape index (κ2) is 34.9. The van der Waals surface area contributed by atoms with Gasteiger partial charge in [0.1, 0.15) is 17.9 Å². The van der Waals surface area contributed by atoms with Gasteiger partial charge in [0, 0.05) is 56.5 Å². The summed E-state index contributed by atoms with van der Waals surface area (Å²) in [4.78, 5) is 140. The summed E-state index contributed by atoms with van der Waals surface area (Å²) in [7, 11) is 0. The standard InChI is InChI=1S/C53H95N11O12/c1-29(2)22-35-25-46(69)40(12-17-54)60-48(71)34(24-45(68)41(13-18-55)61-51(74)37(31(5)65)26-36(67)27-39(58)33-10-8-7-9-11-33)16-21-59-50(73)38(32(6)66)28-47(70)42(14-19-56)62-52(75)43(15-20-57)63-53(76)44(23-30(3)4)64-49(35)72/h29-35,37-44,65-66H,7-28,54-58H2,1-6H3,(H,59,73)(H,60,71)(H,61,74)(H,62,75)(H,63,76)(H,64,72)/t31?,32?,34-,35+,37+,38+,39?,40+,41+,42+,43+,44+/m1/s1. The molecule has 23 nitrogen and oxygen atoms in total. The number of nitrogens with two attached hydrogens (primary N) is 5. The molecule has 6 amide bonds. The lowest BCUT2D eigenvalue weighted by Crippen LogP contribution is -2.57. The van der Waals surface area contributed by atoms with Crippen LogP contribution in [0.5, 0.6) is 0 Å². The van der Waals surface area contributed by atoms with Crippen LogP contribution in [-0.2, 0) is 47.9 Å². The van der Waals surface area contributed by atoms with Gasteiger partial charge in [-0.25, -0.2) is 0 Å². The molecule has 3 unspecified atom stereocenters. The van der Waals surface area contributed by atoms with Crippen molar-refractivity contribution in [2.24, 2.45) is 70.1 Å². The van der Waals surface area contributed by atoms with Gasteiger partial charge < -0.3 is 70.8 Å². The minimum absolute atomic E-state index is 0.0215. The molecule has 1 saturated carbocycles. The highest BCUT2D eigenvalue weighted by Crippen LogP contribution is 2.28. The van der Waals surface area contributed by atoms with Gasteiger partial charge in [-0.05, 0) is 116 Å². The van der Waals surface area contributed by atoms with Gasteiger partial charge in [-0.1, -0.05) is 47.0 Å². The minimum Gasteiger partial charge on any atom is -0.393 e. The largest absolute Gasteiger partial charge is 0.393 e. The van der Waals surface area contributed by atoms with Crippen molar-refractivity contribution in [2.45, 2.75) is 199 Å². The summed E-state index contributed by atoms with van der Waals surface area (Å²) in [6.45, 7) is 9.42. The summed E-state index contributed by atoms with van der Waals surface area (Å²) in [5.41, 5.74) is 30.0. The van der Waals surface area contributed by atoms with Gasteiger partial charge in [0.2, 0.25) is 35.4 Å². The van der Waals surface area contributed by atoms with Crippen LogP contribution in [-0.4, -0.2) is 150 Å². The summed E-state index contributed by atoms with van der Waals surface area (Å²) in [6, 6.07) is -6.65. The Morgan fingerprint density at radius 1 is 0.605 bits per heavy atom. The van der Waals surface area contributed by atoms with Crippen LogP contribution in [0.2, 0.25) is 0 Å². The monoisotopic (exact) mass is 1080 g/mol. The van der Waals surface area contributed by atoms with Gasteiger partial charge in [0.05, 0.1) is 42.2 Å². The average molecular weight is 1080 g/mol. The second-order valence-electron chi connectivity index (χ2n) is 22.1. The molecule has 0 spiro atoms. The van der Waals surface area contributed by atoms with E-state index >= 15 is 0 Å². The zero-order valence-electron chi connectivity index (χ0n) is 46.1. The first-order chi connectivity index (χ1) is 35.9. The first-order valence-corrected chi connectivity index (χ1v) is 27.7. The Bertz CT molecular complexity index is 1910. The quantitative estimate of drug-likeness (QED) is 0.0539. The van der Waals surface area contributed by atoms with Gasteiger partial charge in [-0.15, -0.1) is 0 Å². The van der Waals surface area contributed by atoms with E-state index in [0.29, 0.717) is 0 Å². The van der Waals surface area contributed by atoms with Crippen LogP contribution in [0.25, 0.3) is 0 Å². The van der Waals surface area contributed by atoms with E-state index < -0.39 is 138 Å². The molecular weight excluding hydrogens is 983 g/mol. The Morgan fingerprint density at radius 3 is 1.66 bits per heavy atom. The van der Waals surface area contributed by atoms with E-state index in [4.69, 9.17) is 28.7 Å². The molecule has 2 rings (SSSR count). The summed E-state index contributed by atoms with van der Waals surface area (Å²) in [6.07, 6.45) is 0.222. The molecule has 18 N–H and O–H groups in total. The number of nitrogens with one attached hydrogen (secondary N) is 6. The molecule has 12 atom stereocenters. The zero-order chi connectivity index (χ0) is 57.2. The Hall–Kier alpha value is -4.78. The van der Waals surface area contributed by atoms with Crippen molar-refractivity contribution in [1.29, 1.82) is 0 Å². The lowest BCUT2D eigenvalue weighted by atomic mass is 9.81. The molecule has 1 aliphatic carbocycles. The number of rotatable bonds is 24. The Kier molecular flexibility index (Phi) is 30.9. The molecule has 0 aromatic carbocycles. The van der Waals surface area contributed by atoms with Gasteiger partial charge >= 0.3 is 0 Å². The van der Waals surface area contributed by atoms with Gasteiger partial charge in [0.15, 0.2) is 17.3 Å². The van der Waals surface area contributed by atoms with E-state index in [0.717, 1.165) is 32.1 Å². The van der Waals surface area contributed by atoms with Crippen molar-refractivity contribution in [2.75, 3.05) is 32.7 Å². The first kappa shape index (κ1) is 67.3. The van der Waals surface area contributed by atoms with E-state index in [-0.39, 0.29) is 120 Å². The van der Waals surface area contributed by atoms with E-state index in [1.807, 2.05) is 27.7 Å². The molecular formula is C53H95N11O12. The second-order valence-corrected chi connectivity index (χ2v) is 22.1. The van der Waals surface area contributed by atoms with Crippen LogP contribution < -0.4 is 60.6 Å². The summed E-state index contributed by atoms with van der Waals surface area (Å²) >= 11 is 0. The maximum atomic E-state index is 14.5. The first-order valence-electron chi connectivity index (χ1n) is 27.7. The third kappa shape index (κ3) is 23.4. The topological polar surface area (TPSA) is 413 Å². The molecule has 1 heterocycles. The molecule has 2 fully saturated rings. The van der Waals surface area contributed by atoms with E-state index in [1.165, 1.54) is 13.8 Å². The number of Topliss-reactive ketones (excluding diaryl/α,β-unsaturated/α-hetero) is 4. The SMILES string of the molecule is CC(C)C[C@H]1CC(=O)[C@H](CCN)NC(=O)[C@@H](CC(=O)[C@H](CCN)NC(=O)[C@@H](CC(=O)CC(N)C2CCCCC2)C(C)O)CCNC(=O)[C@H](C(C)O)CC(=O)[C@H](CCN)NC(=O)[C@H](CCN)NC(=O)[C@H](CC(C)C)NC1=O. The lowest BCUT2D eigenvalue weighted by Gasteiger charge is -2.28. The number of hydrogen-bond acceptors (Lipinski definition) is 17. The molecule has 0 aromatic heterocycles. The van der Waals surface area contributed by atoms with E-state index in [2.05, 4.69) is 31.9 Å². The highest BCUT2D eigenvalue weighted by Gasteiger charge is 2.38. The lowest BCUT2D eigenvalue weighted by molar-refractivity contribution is -0.137. The van der Waals surface area contributed by atoms with Crippen LogP contribution in [0.15, 0.2) is 0 Å². The number of aliphatic hydroxyl groups is 2. The fourth-order valence-electron chi connectivity index (χ4n) is 10.1. The fraction of sp³-hybridized carbons (Fsp3) is 0.811. The van der Waals surface area contributed by atoms with Gasteiger partial charge in [-0.3, -0.25) is 47.9 Å². The maximum Gasteiger partial charge on any atom is 0.243 e. The Labute approximate surface area is 449 Å². The van der Waals surface area contributed by atoms with Crippen molar-refractivity contribution >= 4 is 58.6 Å². The summed E-state index contributed by atoms with van der Waals surface area (Å²) in [5, 5.41) is 37.6. The predicted octanol–water partition coefficient (Wildman–Crippen LogP) is -1.22. The number of amides is 6. The van der Waals surface area contributed by atoms with Crippen molar-refractivity contribution in [3.05, 3.63) is 0 Å². The van der Waals surface area contributed by atoms with E-state index in [1.54, 1.807) is 0 Å². The molecule has 23 heteroatoms. The third-order valence-corrected chi connectivity index (χ3v) is 14.5. The van der Waals surface area contributed by atoms with E-state index in [9.17, 15) is 58.2 Å². The molecule has 0 radical (unpaired) electrons. The molecule has 0 aromatic rings. The predicted molar refractivity (Wildman–Crippen MR) is 286 cm³/mol. The highest BCUT2D eigenvalue weighted by atomic mass is 16.3. The van der Waals surface area contributed by atoms with Crippen LogP contribution >= 0.6 is 0 Å². The number of carbonyl (C=O) groups excluding carboxylic acids is 10. The van der Waals surface area contributed by atoms with Crippen LogP contribution in [0.3, 0.4) is 0 Å². The Morgan fingerprint density at radius 2 is 1.12 bits per heavy atom. The molecule has 0 bridgehead atoms. The average Bonchev–Trinajstić information content (AvgIpc) is 3.34. The minimum atomic E-state index is -1.40. The van der Waals surface area contributed by atoms with Crippen molar-refractivity contribution in [3.63, 3.8) is 0 Å². The smallest absolute Gasteiger partial charge is 0.243 e. The maximum absolute atomic E-state index is 14.5.